The molecule has 2 atom stereocenters. The van der Waals surface area contributed by atoms with Gasteiger partial charge in [0.1, 0.15) is 23.7 Å². The van der Waals surface area contributed by atoms with Crippen LogP contribution in [-0.4, -0.2) is 45.5 Å². The van der Waals surface area contributed by atoms with Gasteiger partial charge in [-0.25, -0.2) is 4.98 Å². The number of rotatable bonds is 5. The van der Waals surface area contributed by atoms with Crippen molar-refractivity contribution in [2.75, 3.05) is 17.2 Å². The summed E-state index contributed by atoms with van der Waals surface area (Å²) in [6, 6.07) is 13.9. The number of nitrogens with one attached hydrogen (secondary N) is 2. The summed E-state index contributed by atoms with van der Waals surface area (Å²) in [6.07, 6.45) is -2.13. The quantitative estimate of drug-likeness (QED) is 0.459. The number of hydrogen-bond donors (Lipinski definition) is 2. The topological polar surface area (TPSA) is 104 Å². The first-order valence-electron chi connectivity index (χ1n) is 13.6. The molecule has 1 aliphatic carbocycles. The number of fused-ring (bicyclic) bond motifs is 3. The lowest BCUT2D eigenvalue weighted by atomic mass is 9.79. The van der Waals surface area contributed by atoms with Crippen molar-refractivity contribution < 1.29 is 27.6 Å². The molecule has 2 aliphatic heterocycles. The molecule has 0 fully saturated rings. The number of aliphatic imine (C=N–C) groups is 1. The van der Waals surface area contributed by atoms with Crippen molar-refractivity contribution in [3.63, 3.8) is 0 Å². The zero-order valence-corrected chi connectivity index (χ0v) is 23.2. The van der Waals surface area contributed by atoms with E-state index in [4.69, 9.17) is 0 Å². The lowest BCUT2D eigenvalue weighted by molar-refractivity contribution is -0.138. The number of aromatic nitrogens is 1. The van der Waals surface area contributed by atoms with Crippen LogP contribution < -0.4 is 10.6 Å². The van der Waals surface area contributed by atoms with Crippen LogP contribution in [0, 0.1) is 5.92 Å². The van der Waals surface area contributed by atoms with Crippen LogP contribution in [0.1, 0.15) is 48.6 Å². The molecule has 216 valence electrons. The van der Waals surface area contributed by atoms with E-state index < -0.39 is 41.1 Å². The Hall–Kier alpha value is -4.54. The van der Waals surface area contributed by atoms with Gasteiger partial charge in [-0.1, -0.05) is 44.2 Å². The third-order valence-corrected chi connectivity index (χ3v) is 8.64. The Morgan fingerprint density at radius 1 is 1.07 bits per heavy atom. The molecule has 3 aromatic rings. The fraction of sp³-hybridized carbons (Fsp3) is 0.323. The number of carbonyl (C=O) groups excluding carboxylic acids is 3. The summed E-state index contributed by atoms with van der Waals surface area (Å²) in [4.78, 5) is 49.6. The van der Waals surface area contributed by atoms with E-state index in [-0.39, 0.29) is 23.2 Å². The third kappa shape index (κ3) is 4.26. The van der Waals surface area contributed by atoms with E-state index in [0.29, 0.717) is 24.3 Å². The Labute approximate surface area is 240 Å². The zero-order chi connectivity index (χ0) is 30.0. The molecule has 3 amide bonds. The van der Waals surface area contributed by atoms with Gasteiger partial charge in [0.25, 0.3) is 5.91 Å². The van der Waals surface area contributed by atoms with Crippen LogP contribution in [0.4, 0.5) is 24.7 Å². The third-order valence-electron chi connectivity index (χ3n) is 8.64. The second-order valence-corrected chi connectivity index (χ2v) is 11.5. The van der Waals surface area contributed by atoms with Gasteiger partial charge in [-0.3, -0.25) is 24.3 Å². The lowest BCUT2D eigenvalue weighted by Crippen LogP contribution is -2.47. The summed E-state index contributed by atoms with van der Waals surface area (Å²) in [6.45, 7) is 4.56. The maximum Gasteiger partial charge on any atom is 0.417 e. The van der Waals surface area contributed by atoms with Crippen LogP contribution in [0.15, 0.2) is 65.8 Å². The Morgan fingerprint density at radius 2 is 1.81 bits per heavy atom. The van der Waals surface area contributed by atoms with Gasteiger partial charge in [0.2, 0.25) is 11.8 Å². The molecule has 0 saturated heterocycles. The molecule has 42 heavy (non-hydrogen) atoms. The average Bonchev–Trinajstić information content (AvgIpc) is 3.54. The van der Waals surface area contributed by atoms with Crippen LogP contribution in [0.25, 0.3) is 0 Å². The number of carbonyl (C=O) groups is 3. The van der Waals surface area contributed by atoms with E-state index in [1.165, 1.54) is 18.2 Å². The van der Waals surface area contributed by atoms with Crippen LogP contribution in [0.2, 0.25) is 0 Å². The summed E-state index contributed by atoms with van der Waals surface area (Å²) in [5.74, 6) is -1.22. The normalized spacial score (nSPS) is 22.8. The summed E-state index contributed by atoms with van der Waals surface area (Å²) >= 11 is 0. The minimum absolute atomic E-state index is 0.121. The molecule has 0 bridgehead atoms. The highest BCUT2D eigenvalue weighted by molar-refractivity contribution is 6.17. The Kier molecular flexibility index (Phi) is 6.25. The number of benzene rings is 2. The summed E-state index contributed by atoms with van der Waals surface area (Å²) in [5, 5.41) is 5.64. The van der Waals surface area contributed by atoms with Gasteiger partial charge < -0.3 is 10.6 Å². The zero-order valence-electron chi connectivity index (χ0n) is 23.2. The van der Waals surface area contributed by atoms with E-state index in [1.54, 1.807) is 45.2 Å². The molecule has 8 nitrogen and oxygen atoms in total. The minimum Gasteiger partial charge on any atom is -0.325 e. The SMILES string of the molecule is CC(C)C1(C)N=C(c2ccccc2C(F)(F)F)N(CC(=O)Nc2ccc3c(c2)C[C@@]2(C3)C(=O)Nc3ncccc32)C1=O. The lowest BCUT2D eigenvalue weighted by Gasteiger charge is -2.26. The highest BCUT2D eigenvalue weighted by Gasteiger charge is 2.51. The second kappa shape index (κ2) is 9.50. The molecule has 3 aliphatic rings. The summed E-state index contributed by atoms with van der Waals surface area (Å²) < 4.78 is 41.7. The van der Waals surface area contributed by atoms with Crippen LogP contribution in [-0.2, 0) is 38.8 Å². The number of pyridine rings is 1. The molecule has 1 unspecified atom stereocenters. The number of nitrogens with zero attached hydrogens (tertiary/aromatic N) is 3. The molecule has 3 heterocycles. The monoisotopic (exact) mass is 575 g/mol. The van der Waals surface area contributed by atoms with Gasteiger partial charge >= 0.3 is 6.18 Å². The number of halogens is 3. The van der Waals surface area contributed by atoms with Crippen molar-refractivity contribution >= 4 is 35.1 Å². The Bertz CT molecular complexity index is 1680. The van der Waals surface area contributed by atoms with Crippen LogP contribution >= 0.6 is 0 Å². The molecule has 2 aromatic carbocycles. The number of alkyl halides is 3. The number of amides is 3. The van der Waals surface area contributed by atoms with Crippen LogP contribution in [0.5, 0.6) is 0 Å². The maximum atomic E-state index is 13.9. The largest absolute Gasteiger partial charge is 0.417 e. The average molecular weight is 576 g/mol. The van der Waals surface area contributed by atoms with Gasteiger partial charge in [0.15, 0.2) is 0 Å². The highest BCUT2D eigenvalue weighted by Crippen LogP contribution is 2.47. The molecule has 0 saturated carbocycles. The van der Waals surface area contributed by atoms with Gasteiger partial charge in [0.05, 0.1) is 11.0 Å². The van der Waals surface area contributed by atoms with E-state index in [1.807, 2.05) is 12.1 Å². The van der Waals surface area contributed by atoms with E-state index >= 15 is 0 Å². The fourth-order valence-electron chi connectivity index (χ4n) is 6.04. The van der Waals surface area contributed by atoms with Gasteiger partial charge in [-0.2, -0.15) is 13.2 Å². The van der Waals surface area contributed by atoms with Gasteiger partial charge in [-0.05, 0) is 61.1 Å². The number of hydrogen-bond acceptors (Lipinski definition) is 5. The van der Waals surface area contributed by atoms with Crippen molar-refractivity contribution in [2.45, 2.75) is 50.7 Å². The minimum atomic E-state index is -4.68. The summed E-state index contributed by atoms with van der Waals surface area (Å²) in [7, 11) is 0. The molecular weight excluding hydrogens is 547 g/mol. The van der Waals surface area contributed by atoms with Crippen LogP contribution in [0.3, 0.4) is 0 Å². The first-order chi connectivity index (χ1) is 19.8. The predicted octanol–water partition coefficient (Wildman–Crippen LogP) is 4.73. The highest BCUT2D eigenvalue weighted by atomic mass is 19.4. The van der Waals surface area contributed by atoms with Crippen molar-refractivity contribution in [2.24, 2.45) is 10.9 Å². The first-order valence-corrected chi connectivity index (χ1v) is 13.6. The standard InChI is InChI=1S/C31H28F3N5O3/c1-17(2)29(3)28(42)39(26(38-29)21-7-4-5-8-22(21)31(32,33)34)16-24(40)36-20-11-10-18-14-30(15-19(18)13-20)23-9-6-12-35-25(23)37-27(30)41/h4-13,17H,14-16H2,1-3H3,(H,36,40)(H,35,37,41)/t29?,30-/m1/s1. The Balaban J connectivity index is 1.25. The smallest absolute Gasteiger partial charge is 0.325 e. The molecule has 6 rings (SSSR count). The van der Waals surface area contributed by atoms with Gasteiger partial charge in [0, 0.05) is 23.0 Å². The molecule has 1 aromatic heterocycles. The number of amidine groups is 1. The van der Waals surface area contributed by atoms with Crippen molar-refractivity contribution in [1.82, 2.24) is 9.88 Å². The number of anilines is 2. The molecule has 11 heteroatoms. The van der Waals surface area contributed by atoms with Crippen molar-refractivity contribution in [1.29, 1.82) is 0 Å². The van der Waals surface area contributed by atoms with Gasteiger partial charge in [-0.15, -0.1) is 0 Å². The summed E-state index contributed by atoms with van der Waals surface area (Å²) in [5.41, 5.74) is -0.140. The fourth-order valence-corrected chi connectivity index (χ4v) is 6.04. The predicted molar refractivity (Wildman–Crippen MR) is 150 cm³/mol. The van der Waals surface area contributed by atoms with Crippen molar-refractivity contribution in [3.05, 3.63) is 88.6 Å². The Morgan fingerprint density at radius 3 is 2.55 bits per heavy atom. The maximum absolute atomic E-state index is 13.9. The van der Waals surface area contributed by atoms with Crippen molar-refractivity contribution in [3.8, 4) is 0 Å². The van der Waals surface area contributed by atoms with E-state index in [0.717, 1.165) is 27.7 Å². The molecule has 0 radical (unpaired) electrons. The molecule has 2 N–H and O–H groups in total. The molecular formula is C31H28F3N5O3. The van der Waals surface area contributed by atoms with E-state index in [9.17, 15) is 27.6 Å². The molecule has 1 spiro atoms. The first kappa shape index (κ1) is 27.6. The second-order valence-electron chi connectivity index (χ2n) is 11.5. The van der Waals surface area contributed by atoms with E-state index in [2.05, 4.69) is 20.6 Å².